The Labute approximate surface area is 43.9 Å². The van der Waals surface area contributed by atoms with Crippen LogP contribution in [0.5, 0.6) is 0 Å². The van der Waals surface area contributed by atoms with Crippen LogP contribution in [0.3, 0.4) is 0 Å². The van der Waals surface area contributed by atoms with Gasteiger partial charge < -0.3 is 5.11 Å². The van der Waals surface area contributed by atoms with Crippen LogP contribution in [0.25, 0.3) is 0 Å². The molecule has 0 aliphatic rings. The second-order valence-electron chi connectivity index (χ2n) is 2.19. The molecule has 0 spiro atoms. The molecule has 0 aromatic carbocycles. The summed E-state index contributed by atoms with van der Waals surface area (Å²) < 4.78 is 0. The first kappa shape index (κ1) is 6.63. The molecular formula is C5H11NO. The minimum absolute atomic E-state index is 0.410. The molecule has 7 heavy (non-hydrogen) atoms. The minimum atomic E-state index is -0.679. The number of hydrogen-bond donors (Lipinski definition) is 1. The minimum Gasteiger partial charge on any atom is -0.389 e. The van der Waals surface area contributed by atoms with Crippen molar-refractivity contribution in [3.63, 3.8) is 0 Å². The van der Waals surface area contributed by atoms with Crippen molar-refractivity contribution in [2.45, 2.75) is 19.4 Å². The monoisotopic (exact) mass is 101 g/mol. The van der Waals surface area contributed by atoms with Crippen molar-refractivity contribution in [3.05, 3.63) is 0 Å². The third-order valence-corrected chi connectivity index (χ3v) is 0.499. The van der Waals surface area contributed by atoms with Gasteiger partial charge in [0.25, 0.3) is 0 Å². The highest BCUT2D eigenvalue weighted by Crippen LogP contribution is 1.98. The topological polar surface area (TPSA) is 32.6 Å². The number of aliphatic imine (C=N–C) groups is 1. The molecule has 1 N–H and O–H groups in total. The smallest absolute Gasteiger partial charge is 0.0785 e. The van der Waals surface area contributed by atoms with E-state index in [0.29, 0.717) is 6.54 Å². The van der Waals surface area contributed by atoms with E-state index in [0.717, 1.165) is 0 Å². The Kier molecular flexibility index (Phi) is 1.96. The van der Waals surface area contributed by atoms with Crippen molar-refractivity contribution in [3.8, 4) is 0 Å². The Morgan fingerprint density at radius 3 is 2.14 bits per heavy atom. The Balaban J connectivity index is 3.34. The van der Waals surface area contributed by atoms with Crippen LogP contribution >= 0.6 is 0 Å². The van der Waals surface area contributed by atoms with Gasteiger partial charge >= 0.3 is 0 Å². The molecule has 0 bridgehead atoms. The summed E-state index contributed by atoms with van der Waals surface area (Å²) in [6.45, 7) is 7.04. The van der Waals surface area contributed by atoms with Crippen molar-refractivity contribution < 1.29 is 5.11 Å². The summed E-state index contributed by atoms with van der Waals surface area (Å²) in [7, 11) is 0. The van der Waals surface area contributed by atoms with E-state index < -0.39 is 5.60 Å². The van der Waals surface area contributed by atoms with Gasteiger partial charge in [-0.15, -0.1) is 0 Å². The van der Waals surface area contributed by atoms with Gasteiger partial charge in [0, 0.05) is 0 Å². The lowest BCUT2D eigenvalue weighted by Crippen LogP contribution is -2.22. The zero-order valence-corrected chi connectivity index (χ0v) is 4.81. The fourth-order valence-corrected chi connectivity index (χ4v) is 0.274. The van der Waals surface area contributed by atoms with Crippen molar-refractivity contribution in [1.82, 2.24) is 0 Å². The molecule has 0 atom stereocenters. The fraction of sp³-hybridized carbons (Fsp3) is 0.800. The standard InChI is InChI=1S/C5H11NO/c1-5(2,7)4-6-3/h7H,3-4H2,1-2H3. The predicted octanol–water partition coefficient (Wildman–Crippen LogP) is 0.458. The average Bonchev–Trinajstić information content (AvgIpc) is 1.30. The Hall–Kier alpha value is -0.370. The lowest BCUT2D eigenvalue weighted by molar-refractivity contribution is 0.0907. The van der Waals surface area contributed by atoms with Crippen LogP contribution in [0.15, 0.2) is 4.99 Å². The van der Waals surface area contributed by atoms with Gasteiger partial charge in [-0.05, 0) is 20.6 Å². The van der Waals surface area contributed by atoms with Gasteiger partial charge in [0.05, 0.1) is 12.1 Å². The highest BCUT2D eigenvalue weighted by Gasteiger charge is 2.08. The van der Waals surface area contributed by atoms with Crippen LogP contribution in [-0.4, -0.2) is 24.0 Å². The molecular weight excluding hydrogens is 90.1 g/mol. The molecule has 0 aliphatic carbocycles. The van der Waals surface area contributed by atoms with Gasteiger partial charge in [-0.25, -0.2) is 0 Å². The van der Waals surface area contributed by atoms with E-state index in [1.807, 2.05) is 0 Å². The van der Waals surface area contributed by atoms with Crippen LogP contribution in [0, 0.1) is 0 Å². The van der Waals surface area contributed by atoms with Crippen molar-refractivity contribution >= 4 is 6.72 Å². The van der Waals surface area contributed by atoms with Gasteiger partial charge in [-0.2, -0.15) is 0 Å². The summed E-state index contributed by atoms with van der Waals surface area (Å²) in [6.07, 6.45) is 0. The van der Waals surface area contributed by atoms with Gasteiger partial charge in [0.15, 0.2) is 0 Å². The lowest BCUT2D eigenvalue weighted by Gasteiger charge is -2.11. The maximum atomic E-state index is 8.88. The first-order chi connectivity index (χ1) is 3.06. The zero-order chi connectivity index (χ0) is 5.91. The molecule has 0 saturated heterocycles. The fourth-order valence-electron chi connectivity index (χ4n) is 0.274. The average molecular weight is 101 g/mol. The number of hydrogen-bond acceptors (Lipinski definition) is 2. The largest absolute Gasteiger partial charge is 0.389 e. The predicted molar refractivity (Wildman–Crippen MR) is 30.7 cm³/mol. The third-order valence-electron chi connectivity index (χ3n) is 0.499. The number of rotatable bonds is 2. The Bertz CT molecular complexity index is 63.0. The highest BCUT2D eigenvalue weighted by atomic mass is 16.3. The summed E-state index contributed by atoms with van der Waals surface area (Å²) in [5, 5.41) is 8.88. The van der Waals surface area contributed by atoms with Crippen molar-refractivity contribution in [2.24, 2.45) is 4.99 Å². The van der Waals surface area contributed by atoms with E-state index in [1.165, 1.54) is 0 Å². The summed E-state index contributed by atoms with van der Waals surface area (Å²) in [6, 6.07) is 0. The Morgan fingerprint density at radius 2 is 2.14 bits per heavy atom. The van der Waals surface area contributed by atoms with Crippen LogP contribution in [-0.2, 0) is 0 Å². The summed E-state index contributed by atoms with van der Waals surface area (Å²) >= 11 is 0. The van der Waals surface area contributed by atoms with E-state index in [9.17, 15) is 0 Å². The molecule has 0 radical (unpaired) electrons. The quantitative estimate of drug-likeness (QED) is 0.503. The second-order valence-corrected chi connectivity index (χ2v) is 2.19. The van der Waals surface area contributed by atoms with Gasteiger partial charge in [0.2, 0.25) is 0 Å². The van der Waals surface area contributed by atoms with E-state index in [4.69, 9.17) is 5.11 Å². The molecule has 0 aliphatic heterocycles. The van der Waals surface area contributed by atoms with Crippen molar-refractivity contribution in [2.75, 3.05) is 6.54 Å². The van der Waals surface area contributed by atoms with Crippen LogP contribution in [0.4, 0.5) is 0 Å². The first-order valence-electron chi connectivity index (χ1n) is 2.21. The molecule has 42 valence electrons. The number of nitrogens with zero attached hydrogens (tertiary/aromatic N) is 1. The SMILES string of the molecule is C=NCC(C)(C)O. The lowest BCUT2D eigenvalue weighted by atomic mass is 10.1. The van der Waals surface area contributed by atoms with Crippen molar-refractivity contribution in [1.29, 1.82) is 0 Å². The summed E-state index contributed by atoms with van der Waals surface area (Å²) in [4.78, 5) is 3.51. The molecule has 0 rings (SSSR count). The molecule has 0 aromatic heterocycles. The van der Waals surface area contributed by atoms with Crippen LogP contribution in [0.1, 0.15) is 13.8 Å². The van der Waals surface area contributed by atoms with Crippen LogP contribution < -0.4 is 0 Å². The summed E-state index contributed by atoms with van der Waals surface area (Å²) in [5.41, 5.74) is -0.679. The maximum absolute atomic E-state index is 8.88. The molecule has 0 fully saturated rings. The molecule has 0 amide bonds. The Morgan fingerprint density at radius 1 is 1.71 bits per heavy atom. The number of aliphatic hydroxyl groups is 1. The van der Waals surface area contributed by atoms with Gasteiger partial charge in [-0.3, -0.25) is 4.99 Å². The molecule has 0 heterocycles. The van der Waals surface area contributed by atoms with Crippen LogP contribution in [0.2, 0.25) is 0 Å². The molecule has 0 aromatic rings. The zero-order valence-electron chi connectivity index (χ0n) is 4.81. The van der Waals surface area contributed by atoms with E-state index >= 15 is 0 Å². The van der Waals surface area contributed by atoms with E-state index in [1.54, 1.807) is 13.8 Å². The first-order valence-corrected chi connectivity index (χ1v) is 2.21. The second kappa shape index (κ2) is 2.07. The van der Waals surface area contributed by atoms with E-state index in [-0.39, 0.29) is 0 Å². The van der Waals surface area contributed by atoms with E-state index in [2.05, 4.69) is 11.7 Å². The highest BCUT2D eigenvalue weighted by molar-refractivity contribution is 5.23. The maximum Gasteiger partial charge on any atom is 0.0785 e. The summed E-state index contributed by atoms with van der Waals surface area (Å²) in [5.74, 6) is 0. The molecule has 0 saturated carbocycles. The third kappa shape index (κ3) is 5.63. The molecule has 2 heteroatoms. The molecule has 0 unspecified atom stereocenters. The normalized spacial score (nSPS) is 11.3. The molecule has 2 nitrogen and oxygen atoms in total. The van der Waals surface area contributed by atoms with Gasteiger partial charge in [0.1, 0.15) is 0 Å². The van der Waals surface area contributed by atoms with Gasteiger partial charge in [-0.1, -0.05) is 0 Å².